The molecule has 0 aliphatic rings. The fourth-order valence-corrected chi connectivity index (χ4v) is 3.40. The average molecular weight is 366 g/mol. The highest BCUT2D eigenvalue weighted by Gasteiger charge is 2.16. The lowest BCUT2D eigenvalue weighted by Gasteiger charge is -2.12. The molecule has 3 rings (SSSR count). The van der Waals surface area contributed by atoms with Crippen LogP contribution in [0.2, 0.25) is 0 Å². The van der Waals surface area contributed by atoms with Gasteiger partial charge in [0.05, 0.1) is 11.7 Å². The lowest BCUT2D eigenvalue weighted by molar-refractivity contribution is -0.117. The van der Waals surface area contributed by atoms with Gasteiger partial charge in [-0.3, -0.25) is 9.78 Å². The molecule has 26 heavy (non-hydrogen) atoms. The van der Waals surface area contributed by atoms with Crippen molar-refractivity contribution in [2.45, 2.75) is 26.3 Å². The summed E-state index contributed by atoms with van der Waals surface area (Å²) in [5, 5.41) is 5.33. The van der Waals surface area contributed by atoms with E-state index in [-0.39, 0.29) is 5.91 Å². The largest absolute Gasteiger partial charge is 0.320 e. The number of nitrogens with zero attached hydrogens (tertiary/aromatic N) is 2. The molecule has 6 heteroatoms. The van der Waals surface area contributed by atoms with Gasteiger partial charge in [0.2, 0.25) is 5.91 Å². The summed E-state index contributed by atoms with van der Waals surface area (Å²) in [6.07, 6.45) is 4.20. The number of pyridine rings is 1. The number of anilines is 1. The Morgan fingerprint density at radius 1 is 1.15 bits per heavy atom. The molecule has 1 amide bonds. The maximum atomic E-state index is 12.2. The summed E-state index contributed by atoms with van der Waals surface area (Å²) < 4.78 is 0. The van der Waals surface area contributed by atoms with Crippen LogP contribution in [0.3, 0.4) is 0 Å². The highest BCUT2D eigenvalue weighted by Crippen LogP contribution is 2.28. The maximum absolute atomic E-state index is 12.2. The van der Waals surface area contributed by atoms with Gasteiger partial charge in [-0.2, -0.15) is 0 Å². The Morgan fingerprint density at radius 2 is 1.88 bits per heavy atom. The van der Waals surface area contributed by atoms with Gasteiger partial charge in [-0.25, -0.2) is 4.98 Å². The van der Waals surface area contributed by atoms with Crippen LogP contribution in [0.5, 0.6) is 0 Å². The number of carbonyl (C=O) groups excluding carboxylic acids is 1. The van der Waals surface area contributed by atoms with Gasteiger partial charge >= 0.3 is 0 Å². The lowest BCUT2D eigenvalue weighted by Crippen LogP contribution is -2.36. The summed E-state index contributed by atoms with van der Waals surface area (Å²) in [4.78, 5) is 20.7. The first kappa shape index (κ1) is 18.2. The number of benzene rings is 1. The highest BCUT2D eigenvalue weighted by molar-refractivity contribution is 7.14. The molecule has 1 atom stereocenters. The minimum atomic E-state index is -0.516. The van der Waals surface area contributed by atoms with Crippen molar-refractivity contribution in [3.63, 3.8) is 0 Å². The topological polar surface area (TPSA) is 80.9 Å². The number of rotatable bonds is 6. The zero-order valence-corrected chi connectivity index (χ0v) is 15.7. The third-order valence-electron chi connectivity index (χ3n) is 3.97. The van der Waals surface area contributed by atoms with Crippen molar-refractivity contribution in [1.82, 2.24) is 9.97 Å². The lowest BCUT2D eigenvalue weighted by atomic mass is 10.0. The minimum Gasteiger partial charge on any atom is -0.320 e. The van der Waals surface area contributed by atoms with Crippen molar-refractivity contribution < 1.29 is 4.79 Å². The molecule has 3 aromatic rings. The van der Waals surface area contributed by atoms with Crippen molar-refractivity contribution in [2.75, 3.05) is 5.32 Å². The Hall–Kier alpha value is -2.57. The molecule has 0 spiro atoms. The van der Waals surface area contributed by atoms with Gasteiger partial charge in [-0.15, -0.1) is 11.3 Å². The van der Waals surface area contributed by atoms with Gasteiger partial charge in [0.15, 0.2) is 5.13 Å². The SMILES string of the molecule is CC(C)CC(N)C(=O)Nc1nc(-c2cccc(-c3ccncc3)c2)cs1. The second-order valence-electron chi connectivity index (χ2n) is 6.58. The van der Waals surface area contributed by atoms with Gasteiger partial charge in [-0.05, 0) is 41.7 Å². The van der Waals surface area contributed by atoms with E-state index in [2.05, 4.69) is 27.4 Å². The molecule has 0 radical (unpaired) electrons. The molecular weight excluding hydrogens is 344 g/mol. The molecule has 0 aliphatic carbocycles. The number of nitrogens with two attached hydrogens (primary N) is 1. The second-order valence-corrected chi connectivity index (χ2v) is 7.44. The van der Waals surface area contributed by atoms with Gasteiger partial charge in [0.25, 0.3) is 0 Å². The summed E-state index contributed by atoms with van der Waals surface area (Å²) in [5.41, 5.74) is 9.96. The van der Waals surface area contributed by atoms with E-state index in [0.717, 1.165) is 22.4 Å². The van der Waals surface area contributed by atoms with E-state index in [9.17, 15) is 4.79 Å². The van der Waals surface area contributed by atoms with Crippen molar-refractivity contribution in [3.8, 4) is 22.4 Å². The van der Waals surface area contributed by atoms with Crippen LogP contribution < -0.4 is 11.1 Å². The molecular formula is C20H22N4OS. The normalized spacial score (nSPS) is 12.2. The minimum absolute atomic E-state index is 0.190. The number of hydrogen-bond donors (Lipinski definition) is 2. The fraction of sp³-hybridized carbons (Fsp3) is 0.250. The van der Waals surface area contributed by atoms with Crippen molar-refractivity contribution in [1.29, 1.82) is 0 Å². The molecule has 3 N–H and O–H groups in total. The molecule has 5 nitrogen and oxygen atoms in total. The van der Waals surface area contributed by atoms with Crippen LogP contribution in [0.4, 0.5) is 5.13 Å². The summed E-state index contributed by atoms with van der Waals surface area (Å²) >= 11 is 1.40. The van der Waals surface area contributed by atoms with Crippen LogP contribution in [-0.2, 0) is 4.79 Å². The van der Waals surface area contributed by atoms with Crippen LogP contribution in [0.25, 0.3) is 22.4 Å². The zero-order valence-electron chi connectivity index (χ0n) is 14.8. The van der Waals surface area contributed by atoms with E-state index < -0.39 is 6.04 Å². The number of nitrogens with one attached hydrogen (secondary N) is 1. The van der Waals surface area contributed by atoms with E-state index >= 15 is 0 Å². The van der Waals surface area contributed by atoms with Gasteiger partial charge in [0.1, 0.15) is 0 Å². The summed E-state index contributed by atoms with van der Waals surface area (Å²) in [6, 6.07) is 11.6. The number of thiazole rings is 1. The Kier molecular flexibility index (Phi) is 5.75. The Morgan fingerprint density at radius 3 is 2.62 bits per heavy atom. The van der Waals surface area contributed by atoms with Crippen molar-refractivity contribution >= 4 is 22.4 Å². The van der Waals surface area contributed by atoms with Crippen LogP contribution in [0.1, 0.15) is 20.3 Å². The van der Waals surface area contributed by atoms with E-state index in [1.807, 2.05) is 43.5 Å². The summed E-state index contributed by atoms with van der Waals surface area (Å²) in [5.74, 6) is 0.184. The molecule has 1 aromatic carbocycles. The predicted molar refractivity (Wildman–Crippen MR) is 107 cm³/mol. The Labute approximate surface area is 157 Å². The maximum Gasteiger partial charge on any atom is 0.243 e. The number of hydrogen-bond acceptors (Lipinski definition) is 5. The number of aromatic nitrogens is 2. The predicted octanol–water partition coefficient (Wildman–Crippen LogP) is 4.18. The van der Waals surface area contributed by atoms with Gasteiger partial charge in [-0.1, -0.05) is 32.0 Å². The van der Waals surface area contributed by atoms with Crippen molar-refractivity contribution in [2.24, 2.45) is 11.7 Å². The molecule has 0 bridgehead atoms. The standard InChI is InChI=1S/C20H22N4OS/c1-13(2)10-17(21)19(25)24-20-23-18(12-26-20)16-5-3-4-15(11-16)14-6-8-22-9-7-14/h3-9,11-13,17H,10,21H2,1-2H3,(H,23,24,25). The molecule has 1 unspecified atom stereocenters. The third-order valence-corrected chi connectivity index (χ3v) is 4.73. The van der Waals surface area contributed by atoms with Gasteiger partial charge < -0.3 is 11.1 Å². The Balaban J connectivity index is 1.75. The third kappa shape index (κ3) is 4.53. The first-order valence-corrected chi connectivity index (χ1v) is 9.43. The summed E-state index contributed by atoms with van der Waals surface area (Å²) in [6.45, 7) is 4.09. The van der Waals surface area contributed by atoms with E-state index in [1.54, 1.807) is 12.4 Å². The van der Waals surface area contributed by atoms with Crippen LogP contribution in [-0.4, -0.2) is 21.9 Å². The zero-order chi connectivity index (χ0) is 18.5. The first-order chi connectivity index (χ1) is 12.5. The number of amides is 1. The quantitative estimate of drug-likeness (QED) is 0.685. The molecule has 0 aliphatic heterocycles. The molecule has 0 fully saturated rings. The molecule has 0 saturated carbocycles. The fourth-order valence-electron chi connectivity index (χ4n) is 2.68. The van der Waals surface area contributed by atoms with E-state index in [0.29, 0.717) is 17.5 Å². The molecule has 134 valence electrons. The number of carbonyl (C=O) groups is 1. The smallest absolute Gasteiger partial charge is 0.243 e. The molecule has 2 heterocycles. The average Bonchev–Trinajstić information content (AvgIpc) is 3.10. The highest BCUT2D eigenvalue weighted by atomic mass is 32.1. The monoisotopic (exact) mass is 366 g/mol. The first-order valence-electron chi connectivity index (χ1n) is 8.55. The molecule has 0 saturated heterocycles. The van der Waals surface area contributed by atoms with Gasteiger partial charge in [0, 0.05) is 23.3 Å². The summed E-state index contributed by atoms with van der Waals surface area (Å²) in [7, 11) is 0. The molecule has 2 aromatic heterocycles. The van der Waals surface area contributed by atoms with Crippen LogP contribution in [0.15, 0.2) is 54.2 Å². The van der Waals surface area contributed by atoms with E-state index in [4.69, 9.17) is 5.73 Å². The van der Waals surface area contributed by atoms with Crippen LogP contribution >= 0.6 is 11.3 Å². The van der Waals surface area contributed by atoms with E-state index in [1.165, 1.54) is 11.3 Å². The second kappa shape index (κ2) is 8.21. The van der Waals surface area contributed by atoms with Crippen LogP contribution in [0, 0.1) is 5.92 Å². The Bertz CT molecular complexity index is 876. The van der Waals surface area contributed by atoms with Crippen molar-refractivity contribution in [3.05, 3.63) is 54.2 Å².